The minimum atomic E-state index is -0.534. The molecule has 1 aromatic carbocycles. The Morgan fingerprint density at radius 2 is 1.83 bits per heavy atom. The Morgan fingerprint density at radius 3 is 2.42 bits per heavy atom. The third kappa shape index (κ3) is 5.06. The van der Waals surface area contributed by atoms with Crippen molar-refractivity contribution in [3.63, 3.8) is 0 Å². The van der Waals surface area contributed by atoms with E-state index < -0.39 is 5.54 Å². The van der Waals surface area contributed by atoms with Gasteiger partial charge in [0.1, 0.15) is 6.61 Å². The van der Waals surface area contributed by atoms with Gasteiger partial charge in [-0.25, -0.2) is 0 Å². The van der Waals surface area contributed by atoms with Crippen LogP contribution in [0.5, 0.6) is 0 Å². The van der Waals surface area contributed by atoms with E-state index in [2.05, 4.69) is 4.90 Å². The molecule has 0 aromatic heterocycles. The second-order valence-electron chi connectivity index (χ2n) is 6.20. The lowest BCUT2D eigenvalue weighted by molar-refractivity contribution is -0.140. The molecule has 0 saturated carbocycles. The minimum absolute atomic E-state index is 0.126. The molecular formula is C18H25NO4S. The van der Waals surface area contributed by atoms with Gasteiger partial charge < -0.3 is 9.47 Å². The van der Waals surface area contributed by atoms with Crippen molar-refractivity contribution in [2.75, 3.05) is 38.7 Å². The number of thioether (sulfide) groups is 1. The van der Waals surface area contributed by atoms with Crippen LogP contribution in [-0.4, -0.2) is 60.9 Å². The molecule has 6 heteroatoms. The predicted molar refractivity (Wildman–Crippen MR) is 94.6 cm³/mol. The molecule has 132 valence electrons. The number of esters is 1. The van der Waals surface area contributed by atoms with Crippen LogP contribution < -0.4 is 0 Å². The first-order chi connectivity index (χ1) is 11.4. The zero-order valence-corrected chi connectivity index (χ0v) is 15.4. The highest BCUT2D eigenvalue weighted by molar-refractivity contribution is 7.99. The van der Waals surface area contributed by atoms with Crippen molar-refractivity contribution < 1.29 is 19.1 Å². The third-order valence-electron chi connectivity index (χ3n) is 4.13. The molecule has 0 unspecified atom stereocenters. The van der Waals surface area contributed by atoms with Gasteiger partial charge in [0, 0.05) is 36.2 Å². The zero-order chi connectivity index (χ0) is 17.6. The second kappa shape index (κ2) is 8.65. The molecule has 1 aliphatic heterocycles. The van der Waals surface area contributed by atoms with Gasteiger partial charge in [0.25, 0.3) is 0 Å². The summed E-state index contributed by atoms with van der Waals surface area (Å²) < 4.78 is 10.3. The first kappa shape index (κ1) is 19.0. The molecular weight excluding hydrogens is 326 g/mol. The summed E-state index contributed by atoms with van der Waals surface area (Å²) in [4.78, 5) is 26.8. The van der Waals surface area contributed by atoms with Gasteiger partial charge >= 0.3 is 5.97 Å². The SMILES string of the molecule is CC(=O)OCCSc1ccc(C(=O)C(C)(C)N2CCOCC2)cc1. The molecule has 1 fully saturated rings. The van der Waals surface area contributed by atoms with Crippen LogP contribution in [0.1, 0.15) is 31.1 Å². The van der Waals surface area contributed by atoms with Gasteiger partial charge in [0.2, 0.25) is 0 Å². The smallest absolute Gasteiger partial charge is 0.302 e. The number of nitrogens with zero attached hydrogens (tertiary/aromatic N) is 1. The maximum absolute atomic E-state index is 12.9. The normalized spacial score (nSPS) is 16.0. The highest BCUT2D eigenvalue weighted by Gasteiger charge is 2.35. The highest BCUT2D eigenvalue weighted by Crippen LogP contribution is 2.24. The largest absolute Gasteiger partial charge is 0.465 e. The monoisotopic (exact) mass is 351 g/mol. The topological polar surface area (TPSA) is 55.8 Å². The van der Waals surface area contributed by atoms with E-state index in [4.69, 9.17) is 9.47 Å². The Labute approximate surface area is 147 Å². The molecule has 0 atom stereocenters. The van der Waals surface area contributed by atoms with Crippen molar-refractivity contribution >= 4 is 23.5 Å². The number of morpholine rings is 1. The van der Waals surface area contributed by atoms with E-state index in [1.54, 1.807) is 11.8 Å². The van der Waals surface area contributed by atoms with E-state index in [1.807, 2.05) is 38.1 Å². The van der Waals surface area contributed by atoms with Gasteiger partial charge in [-0.15, -0.1) is 11.8 Å². The summed E-state index contributed by atoms with van der Waals surface area (Å²) in [6.07, 6.45) is 0. The Bertz CT molecular complexity index is 565. The van der Waals surface area contributed by atoms with Crippen LogP contribution in [0.2, 0.25) is 0 Å². The molecule has 24 heavy (non-hydrogen) atoms. The number of rotatable bonds is 7. The van der Waals surface area contributed by atoms with Crippen LogP contribution in [0.25, 0.3) is 0 Å². The quantitative estimate of drug-likeness (QED) is 0.326. The number of benzene rings is 1. The minimum Gasteiger partial charge on any atom is -0.465 e. The van der Waals surface area contributed by atoms with Crippen LogP contribution in [0.3, 0.4) is 0 Å². The predicted octanol–water partition coefficient (Wildman–Crippen LogP) is 2.64. The summed E-state index contributed by atoms with van der Waals surface area (Å²) in [5.74, 6) is 0.564. The van der Waals surface area contributed by atoms with Gasteiger partial charge in [-0.3, -0.25) is 14.5 Å². The Morgan fingerprint density at radius 1 is 1.21 bits per heavy atom. The van der Waals surface area contributed by atoms with Gasteiger partial charge in [-0.2, -0.15) is 0 Å². The molecule has 0 radical (unpaired) electrons. The Hall–Kier alpha value is -1.37. The summed E-state index contributed by atoms with van der Waals surface area (Å²) >= 11 is 1.60. The van der Waals surface area contributed by atoms with E-state index in [1.165, 1.54) is 6.92 Å². The van der Waals surface area contributed by atoms with Gasteiger partial charge in [-0.1, -0.05) is 12.1 Å². The van der Waals surface area contributed by atoms with E-state index in [0.717, 1.165) is 23.5 Å². The lowest BCUT2D eigenvalue weighted by Crippen LogP contribution is -2.54. The van der Waals surface area contributed by atoms with Crippen LogP contribution in [-0.2, 0) is 14.3 Å². The summed E-state index contributed by atoms with van der Waals surface area (Å²) in [6.45, 7) is 8.66. The molecule has 0 spiro atoms. The second-order valence-corrected chi connectivity index (χ2v) is 7.37. The fraction of sp³-hybridized carbons (Fsp3) is 0.556. The number of hydrogen-bond acceptors (Lipinski definition) is 6. The van der Waals surface area contributed by atoms with Crippen LogP contribution in [0.4, 0.5) is 0 Å². The van der Waals surface area contributed by atoms with Gasteiger partial charge in [-0.05, 0) is 26.0 Å². The maximum Gasteiger partial charge on any atom is 0.302 e. The van der Waals surface area contributed by atoms with Crippen molar-refractivity contribution in [1.29, 1.82) is 0 Å². The van der Waals surface area contributed by atoms with E-state index >= 15 is 0 Å². The van der Waals surface area contributed by atoms with Crippen molar-refractivity contribution in [2.24, 2.45) is 0 Å². The standard InChI is InChI=1S/C18H25NO4S/c1-14(20)23-12-13-24-16-6-4-15(5-7-16)17(21)18(2,3)19-8-10-22-11-9-19/h4-7H,8-13H2,1-3H3. The van der Waals surface area contributed by atoms with Crippen LogP contribution in [0.15, 0.2) is 29.2 Å². The number of hydrogen-bond donors (Lipinski definition) is 0. The zero-order valence-electron chi connectivity index (χ0n) is 14.5. The average Bonchev–Trinajstić information content (AvgIpc) is 2.59. The molecule has 1 heterocycles. The van der Waals surface area contributed by atoms with E-state index in [0.29, 0.717) is 25.6 Å². The maximum atomic E-state index is 12.9. The van der Waals surface area contributed by atoms with E-state index in [-0.39, 0.29) is 11.8 Å². The Kier molecular flexibility index (Phi) is 6.83. The third-order valence-corrected chi connectivity index (χ3v) is 5.11. The molecule has 2 rings (SSSR count). The van der Waals surface area contributed by atoms with Crippen molar-refractivity contribution in [2.45, 2.75) is 31.2 Å². The van der Waals surface area contributed by atoms with Crippen LogP contribution in [0, 0.1) is 0 Å². The first-order valence-electron chi connectivity index (χ1n) is 8.15. The molecule has 0 N–H and O–H groups in total. The lowest BCUT2D eigenvalue weighted by atomic mass is 9.91. The number of ketones is 1. The van der Waals surface area contributed by atoms with Crippen LogP contribution >= 0.6 is 11.8 Å². The van der Waals surface area contributed by atoms with Gasteiger partial charge in [0.15, 0.2) is 5.78 Å². The average molecular weight is 351 g/mol. The summed E-state index contributed by atoms with van der Waals surface area (Å²) in [5, 5.41) is 0. The molecule has 0 bridgehead atoms. The fourth-order valence-electron chi connectivity index (χ4n) is 2.67. The number of carbonyl (C=O) groups is 2. The lowest BCUT2D eigenvalue weighted by Gasteiger charge is -2.39. The summed E-state index contributed by atoms with van der Waals surface area (Å²) in [6, 6.07) is 7.64. The molecule has 1 saturated heterocycles. The molecule has 0 amide bonds. The number of carbonyl (C=O) groups excluding carboxylic acids is 2. The van der Waals surface area contributed by atoms with Crippen molar-refractivity contribution in [3.05, 3.63) is 29.8 Å². The van der Waals surface area contributed by atoms with E-state index in [9.17, 15) is 9.59 Å². The Balaban J connectivity index is 1.93. The summed E-state index contributed by atoms with van der Waals surface area (Å²) in [7, 11) is 0. The number of ether oxygens (including phenoxy) is 2. The molecule has 1 aromatic rings. The van der Waals surface area contributed by atoms with Gasteiger partial charge in [0.05, 0.1) is 18.8 Å². The first-order valence-corrected chi connectivity index (χ1v) is 9.13. The molecule has 0 aliphatic carbocycles. The van der Waals surface area contributed by atoms with Crippen molar-refractivity contribution in [1.82, 2.24) is 4.90 Å². The highest BCUT2D eigenvalue weighted by atomic mass is 32.2. The fourth-order valence-corrected chi connectivity index (χ4v) is 3.40. The number of Topliss-reactive ketones (excluding diaryl/α,β-unsaturated/α-hetero) is 1. The summed E-state index contributed by atoms with van der Waals surface area (Å²) in [5.41, 5.74) is 0.184. The van der Waals surface area contributed by atoms with Crippen molar-refractivity contribution in [3.8, 4) is 0 Å². The molecule has 5 nitrogen and oxygen atoms in total. The molecule has 1 aliphatic rings.